The van der Waals surface area contributed by atoms with Crippen molar-refractivity contribution >= 4 is 28.5 Å². The number of esters is 1. The van der Waals surface area contributed by atoms with Gasteiger partial charge < -0.3 is 15.0 Å². The summed E-state index contributed by atoms with van der Waals surface area (Å²) in [6.45, 7) is 7.06. The van der Waals surface area contributed by atoms with Crippen LogP contribution in [0, 0.1) is 13.8 Å². The number of benzene rings is 1. The molecular weight excluding hydrogens is 330 g/mol. The van der Waals surface area contributed by atoms with Gasteiger partial charge in [-0.05, 0) is 45.4 Å². The number of aromatic amines is 1. The number of nitrogens with zero attached hydrogens (tertiary/aromatic N) is 1. The van der Waals surface area contributed by atoms with Crippen LogP contribution < -0.4 is 5.32 Å². The van der Waals surface area contributed by atoms with Gasteiger partial charge in [-0.2, -0.15) is 0 Å². The molecule has 6 nitrogen and oxygen atoms in total. The second-order valence-corrected chi connectivity index (χ2v) is 6.41. The van der Waals surface area contributed by atoms with Crippen molar-refractivity contribution in [1.29, 1.82) is 0 Å². The molecule has 1 amide bonds. The van der Waals surface area contributed by atoms with Gasteiger partial charge in [0.05, 0.1) is 22.9 Å². The van der Waals surface area contributed by atoms with Crippen molar-refractivity contribution in [3.8, 4) is 0 Å². The molecule has 0 aliphatic rings. The average molecular weight is 351 g/mol. The highest BCUT2D eigenvalue weighted by atomic mass is 16.5. The van der Waals surface area contributed by atoms with Crippen LogP contribution in [0.3, 0.4) is 0 Å². The van der Waals surface area contributed by atoms with Crippen LogP contribution in [0.1, 0.15) is 46.0 Å². The summed E-state index contributed by atoms with van der Waals surface area (Å²) in [5.74, 6) is -0.760. The predicted molar refractivity (Wildman–Crippen MR) is 101 cm³/mol. The second kappa shape index (κ2) is 7.00. The molecule has 0 saturated heterocycles. The lowest BCUT2D eigenvalue weighted by molar-refractivity contribution is 0.0376. The number of amides is 1. The van der Waals surface area contributed by atoms with Crippen LogP contribution in [0.4, 0.5) is 5.69 Å². The summed E-state index contributed by atoms with van der Waals surface area (Å²) in [6, 6.07) is 9.37. The smallest absolute Gasteiger partial charge is 0.340 e. The number of aromatic nitrogens is 2. The largest absolute Gasteiger partial charge is 0.459 e. The molecule has 1 aromatic carbocycles. The van der Waals surface area contributed by atoms with Crippen LogP contribution in [0.5, 0.6) is 0 Å². The summed E-state index contributed by atoms with van der Waals surface area (Å²) in [6.07, 6.45) is 1.46. The first-order chi connectivity index (χ1) is 12.4. The molecule has 2 heterocycles. The molecule has 0 saturated carbocycles. The number of hydrogen-bond donors (Lipinski definition) is 2. The summed E-state index contributed by atoms with van der Waals surface area (Å²) in [5.41, 5.74) is 3.24. The highest BCUT2D eigenvalue weighted by Gasteiger charge is 2.24. The Morgan fingerprint density at radius 3 is 2.62 bits per heavy atom. The van der Waals surface area contributed by atoms with Crippen molar-refractivity contribution in [1.82, 2.24) is 9.97 Å². The zero-order chi connectivity index (χ0) is 18.8. The van der Waals surface area contributed by atoms with Crippen molar-refractivity contribution in [3.63, 3.8) is 0 Å². The van der Waals surface area contributed by atoms with Crippen LogP contribution in [0.15, 0.2) is 36.5 Å². The fourth-order valence-electron chi connectivity index (χ4n) is 2.95. The fourth-order valence-corrected chi connectivity index (χ4v) is 2.95. The molecule has 0 aliphatic heterocycles. The van der Waals surface area contributed by atoms with Crippen LogP contribution in [-0.2, 0) is 4.74 Å². The van der Waals surface area contributed by atoms with Gasteiger partial charge in [-0.3, -0.25) is 9.78 Å². The van der Waals surface area contributed by atoms with Crippen molar-refractivity contribution in [2.75, 3.05) is 5.32 Å². The van der Waals surface area contributed by atoms with Gasteiger partial charge in [-0.1, -0.05) is 18.2 Å². The quantitative estimate of drug-likeness (QED) is 0.696. The first-order valence-electron chi connectivity index (χ1n) is 8.43. The molecule has 0 aliphatic carbocycles. The zero-order valence-corrected chi connectivity index (χ0v) is 15.2. The van der Waals surface area contributed by atoms with E-state index >= 15 is 0 Å². The number of carbonyl (C=O) groups excluding carboxylic acids is 2. The summed E-state index contributed by atoms with van der Waals surface area (Å²) in [7, 11) is 0. The normalized spacial score (nSPS) is 11.0. The number of rotatable bonds is 4. The summed E-state index contributed by atoms with van der Waals surface area (Å²) in [4.78, 5) is 32.4. The highest BCUT2D eigenvalue weighted by Crippen LogP contribution is 2.24. The van der Waals surface area contributed by atoms with Crippen LogP contribution >= 0.6 is 0 Å². The van der Waals surface area contributed by atoms with Crippen LogP contribution in [0.2, 0.25) is 0 Å². The minimum absolute atomic E-state index is 0.227. The van der Waals surface area contributed by atoms with Crippen LogP contribution in [0.25, 0.3) is 10.9 Å². The minimum Gasteiger partial charge on any atom is -0.459 e. The van der Waals surface area contributed by atoms with E-state index in [4.69, 9.17) is 4.74 Å². The Kier molecular flexibility index (Phi) is 4.75. The van der Waals surface area contributed by atoms with Gasteiger partial charge >= 0.3 is 5.97 Å². The Morgan fingerprint density at radius 1 is 1.15 bits per heavy atom. The van der Waals surface area contributed by atoms with Gasteiger partial charge in [0.2, 0.25) is 0 Å². The standard InChI is InChI=1S/C20H21N3O3/c1-11(2)26-20(25)16-12(3)17(22-13(16)4)19(24)23-15-9-5-7-14-8-6-10-21-18(14)15/h5-11,22H,1-4H3,(H,23,24). The monoisotopic (exact) mass is 351 g/mol. The number of H-pyrrole nitrogens is 1. The first-order valence-corrected chi connectivity index (χ1v) is 8.43. The predicted octanol–water partition coefficient (Wildman–Crippen LogP) is 4.00. The molecule has 0 spiro atoms. The van der Waals surface area contributed by atoms with E-state index in [9.17, 15) is 9.59 Å². The minimum atomic E-state index is -0.433. The molecule has 0 fully saturated rings. The Morgan fingerprint density at radius 2 is 1.88 bits per heavy atom. The van der Waals surface area contributed by atoms with Crippen LogP contribution in [-0.4, -0.2) is 27.9 Å². The molecule has 26 heavy (non-hydrogen) atoms. The van der Waals surface area contributed by atoms with Gasteiger partial charge in [0.15, 0.2) is 0 Å². The summed E-state index contributed by atoms with van der Waals surface area (Å²) < 4.78 is 5.27. The van der Waals surface area contributed by atoms with Gasteiger partial charge in [-0.25, -0.2) is 4.79 Å². The number of ether oxygens (including phenoxy) is 1. The number of carbonyl (C=O) groups is 2. The zero-order valence-electron chi connectivity index (χ0n) is 15.2. The highest BCUT2D eigenvalue weighted by molar-refractivity contribution is 6.09. The van der Waals surface area contributed by atoms with Crippen molar-refractivity contribution in [2.45, 2.75) is 33.8 Å². The molecule has 3 rings (SSSR count). The van der Waals surface area contributed by atoms with E-state index in [1.807, 2.05) is 24.3 Å². The average Bonchev–Trinajstić information content (AvgIpc) is 2.89. The lowest BCUT2D eigenvalue weighted by Gasteiger charge is -2.09. The lowest BCUT2D eigenvalue weighted by atomic mass is 10.1. The van der Waals surface area contributed by atoms with E-state index in [0.717, 1.165) is 5.39 Å². The van der Waals surface area contributed by atoms with Crippen molar-refractivity contribution in [3.05, 3.63) is 59.0 Å². The Labute approximate surface area is 151 Å². The number of anilines is 1. The molecule has 0 bridgehead atoms. The molecular formula is C20H21N3O3. The Bertz CT molecular complexity index is 984. The van der Waals surface area contributed by atoms with E-state index in [1.165, 1.54) is 0 Å². The molecule has 0 unspecified atom stereocenters. The van der Waals surface area contributed by atoms with Gasteiger partial charge in [-0.15, -0.1) is 0 Å². The molecule has 0 radical (unpaired) electrons. The van der Waals surface area contributed by atoms with E-state index in [1.54, 1.807) is 40.0 Å². The Hall–Kier alpha value is -3.15. The third-order valence-electron chi connectivity index (χ3n) is 4.09. The molecule has 134 valence electrons. The van der Waals surface area contributed by atoms with Gasteiger partial charge in [0.1, 0.15) is 5.69 Å². The SMILES string of the molecule is Cc1[nH]c(C(=O)Nc2cccc3cccnc23)c(C)c1C(=O)OC(C)C. The number of fused-ring (bicyclic) bond motifs is 1. The van der Waals surface area contributed by atoms with Gasteiger partial charge in [0, 0.05) is 17.3 Å². The number of para-hydroxylation sites is 1. The number of nitrogens with one attached hydrogen (secondary N) is 2. The topological polar surface area (TPSA) is 84.1 Å². The first kappa shape index (κ1) is 17.7. The van der Waals surface area contributed by atoms with E-state index < -0.39 is 5.97 Å². The molecule has 2 N–H and O–H groups in total. The molecule has 2 aromatic heterocycles. The maximum atomic E-state index is 12.8. The number of hydrogen-bond acceptors (Lipinski definition) is 4. The van der Waals surface area contributed by atoms with Crippen molar-refractivity contribution in [2.24, 2.45) is 0 Å². The maximum Gasteiger partial charge on any atom is 0.340 e. The fraction of sp³-hybridized carbons (Fsp3) is 0.250. The Balaban J connectivity index is 1.92. The van der Waals surface area contributed by atoms with E-state index in [2.05, 4.69) is 15.3 Å². The number of pyridine rings is 1. The summed E-state index contributed by atoms with van der Waals surface area (Å²) >= 11 is 0. The maximum absolute atomic E-state index is 12.8. The summed E-state index contributed by atoms with van der Waals surface area (Å²) in [5, 5.41) is 3.81. The lowest BCUT2D eigenvalue weighted by Crippen LogP contribution is -2.15. The van der Waals surface area contributed by atoms with Gasteiger partial charge in [0.25, 0.3) is 5.91 Å². The second-order valence-electron chi connectivity index (χ2n) is 6.41. The molecule has 6 heteroatoms. The third kappa shape index (κ3) is 3.31. The molecule has 0 atom stereocenters. The number of aryl methyl sites for hydroxylation is 1. The van der Waals surface area contributed by atoms with E-state index in [-0.39, 0.29) is 12.0 Å². The third-order valence-corrected chi connectivity index (χ3v) is 4.09. The van der Waals surface area contributed by atoms with E-state index in [0.29, 0.717) is 33.7 Å². The van der Waals surface area contributed by atoms with Crippen molar-refractivity contribution < 1.29 is 14.3 Å². The molecule has 3 aromatic rings.